The third-order valence-corrected chi connectivity index (χ3v) is 9.49. The summed E-state index contributed by atoms with van der Waals surface area (Å²) < 4.78 is 0. The Bertz CT molecular complexity index is 2160. The van der Waals surface area contributed by atoms with Gasteiger partial charge in [0.25, 0.3) is 0 Å². The molecule has 2 atom stereocenters. The first-order valence-electron chi connectivity index (χ1n) is 17.4. The summed E-state index contributed by atoms with van der Waals surface area (Å²) in [5.74, 6) is 5.25. The fraction of sp³-hybridized carbons (Fsp3) is 0.389. The van der Waals surface area contributed by atoms with Gasteiger partial charge in [0.2, 0.25) is 5.95 Å². The standard InChI is InChI=1S/2C18H22N8/c1-25(2)16-8-13(20-10-22-16)7-12-5-6-26(9-12)15-4-3-14-17(24-15)18(19)23-11-21-14;1-25(2)18-20-8-7-13(23-18)12-4-3-9-26(10-12)15-6-5-14-16(24-15)17(19)22-11-21-14/h3-4,8,10-12H,5-7,9H2,1-2H3,(H2,19,21,23);5-8,11-12H,3-4,9-10H2,1-2H3,(H2,19,21,22). The second-order valence-electron chi connectivity index (χ2n) is 13.6. The number of nitrogens with zero attached hydrogens (tertiary/aromatic N) is 14. The number of aromatic nitrogens is 10. The quantitative estimate of drug-likeness (QED) is 0.246. The highest BCUT2D eigenvalue weighted by molar-refractivity contribution is 5.85. The van der Waals surface area contributed by atoms with Crippen molar-refractivity contribution in [3.05, 3.63) is 73.0 Å². The van der Waals surface area contributed by atoms with Crippen molar-refractivity contribution < 1.29 is 0 Å². The van der Waals surface area contributed by atoms with Crippen molar-refractivity contribution in [3.63, 3.8) is 0 Å². The highest BCUT2D eigenvalue weighted by Crippen LogP contribution is 2.30. The largest absolute Gasteiger partial charge is 0.382 e. The minimum Gasteiger partial charge on any atom is -0.382 e. The molecule has 6 aromatic heterocycles. The van der Waals surface area contributed by atoms with Gasteiger partial charge in [-0.15, -0.1) is 0 Å². The van der Waals surface area contributed by atoms with E-state index in [1.807, 2.05) is 74.5 Å². The second kappa shape index (κ2) is 15.0. The Morgan fingerprint density at radius 2 is 1.33 bits per heavy atom. The van der Waals surface area contributed by atoms with Crippen molar-refractivity contribution in [1.29, 1.82) is 0 Å². The van der Waals surface area contributed by atoms with E-state index in [4.69, 9.17) is 21.4 Å². The van der Waals surface area contributed by atoms with Gasteiger partial charge < -0.3 is 31.1 Å². The smallest absolute Gasteiger partial charge is 0.224 e. The van der Waals surface area contributed by atoms with E-state index in [0.29, 0.717) is 34.5 Å². The van der Waals surface area contributed by atoms with Crippen molar-refractivity contribution in [2.75, 3.05) is 85.4 Å². The maximum absolute atomic E-state index is 5.96. The van der Waals surface area contributed by atoms with Crippen LogP contribution in [-0.4, -0.2) is 104 Å². The van der Waals surface area contributed by atoms with Crippen LogP contribution in [0.4, 0.5) is 35.0 Å². The Hall–Kier alpha value is -6.06. The summed E-state index contributed by atoms with van der Waals surface area (Å²) in [6.45, 7) is 3.76. The van der Waals surface area contributed by atoms with Crippen LogP contribution in [-0.2, 0) is 6.42 Å². The molecule has 0 aromatic carbocycles. The van der Waals surface area contributed by atoms with E-state index in [1.165, 1.54) is 12.7 Å². The third-order valence-electron chi connectivity index (χ3n) is 9.49. The Kier molecular flexibility index (Phi) is 9.95. The molecule has 0 aliphatic carbocycles. The monoisotopic (exact) mass is 700 g/mol. The molecule has 8 rings (SSSR count). The molecule has 2 aliphatic rings. The fourth-order valence-corrected chi connectivity index (χ4v) is 6.73. The Morgan fingerprint density at radius 3 is 1.98 bits per heavy atom. The van der Waals surface area contributed by atoms with E-state index in [0.717, 1.165) is 97.7 Å². The maximum Gasteiger partial charge on any atom is 0.224 e. The molecule has 8 heterocycles. The summed E-state index contributed by atoms with van der Waals surface area (Å²) in [6.07, 6.45) is 10.7. The molecule has 52 heavy (non-hydrogen) atoms. The van der Waals surface area contributed by atoms with Crippen molar-refractivity contribution >= 4 is 57.1 Å². The molecular formula is C36H44N16. The van der Waals surface area contributed by atoms with E-state index in [9.17, 15) is 0 Å². The number of anilines is 6. The van der Waals surface area contributed by atoms with Gasteiger partial charge in [0.15, 0.2) is 11.6 Å². The number of fused-ring (bicyclic) bond motifs is 2. The van der Waals surface area contributed by atoms with E-state index < -0.39 is 0 Å². The lowest BCUT2D eigenvalue weighted by Gasteiger charge is -2.33. The van der Waals surface area contributed by atoms with Crippen LogP contribution in [0.3, 0.4) is 0 Å². The number of nitrogens with two attached hydrogens (primary N) is 2. The lowest BCUT2D eigenvalue weighted by atomic mass is 9.94. The van der Waals surface area contributed by atoms with Gasteiger partial charge in [-0.1, -0.05) is 0 Å². The molecule has 2 saturated heterocycles. The summed E-state index contributed by atoms with van der Waals surface area (Å²) >= 11 is 0. The third kappa shape index (κ3) is 7.65. The molecule has 2 fully saturated rings. The van der Waals surface area contributed by atoms with Gasteiger partial charge in [-0.05, 0) is 61.9 Å². The van der Waals surface area contributed by atoms with Gasteiger partial charge in [0, 0.05) is 78.2 Å². The van der Waals surface area contributed by atoms with Crippen LogP contribution in [0.2, 0.25) is 0 Å². The summed E-state index contributed by atoms with van der Waals surface area (Å²) in [7, 11) is 7.89. The first-order valence-corrected chi connectivity index (χ1v) is 17.4. The van der Waals surface area contributed by atoms with Crippen LogP contribution in [0, 0.1) is 5.92 Å². The molecular weight excluding hydrogens is 657 g/mol. The zero-order chi connectivity index (χ0) is 36.2. The molecule has 0 saturated carbocycles. The van der Waals surface area contributed by atoms with Crippen LogP contribution >= 0.6 is 0 Å². The first-order chi connectivity index (χ1) is 25.2. The Labute approximate surface area is 302 Å². The number of hydrogen-bond acceptors (Lipinski definition) is 16. The summed E-state index contributed by atoms with van der Waals surface area (Å²) in [5.41, 5.74) is 16.9. The number of hydrogen-bond donors (Lipinski definition) is 2. The van der Waals surface area contributed by atoms with Crippen LogP contribution in [0.15, 0.2) is 61.6 Å². The van der Waals surface area contributed by atoms with E-state index in [-0.39, 0.29) is 0 Å². The predicted molar refractivity (Wildman–Crippen MR) is 204 cm³/mol. The van der Waals surface area contributed by atoms with Gasteiger partial charge in [0.1, 0.15) is 47.5 Å². The first kappa shape index (κ1) is 34.4. The average Bonchev–Trinajstić information content (AvgIpc) is 3.64. The fourth-order valence-electron chi connectivity index (χ4n) is 6.73. The Balaban J connectivity index is 0.000000162. The normalized spacial score (nSPS) is 17.2. The maximum atomic E-state index is 5.96. The van der Waals surface area contributed by atoms with Gasteiger partial charge in [-0.25, -0.2) is 49.8 Å². The van der Waals surface area contributed by atoms with Crippen LogP contribution in [0.25, 0.3) is 22.1 Å². The molecule has 0 bridgehead atoms. The van der Waals surface area contributed by atoms with Crippen molar-refractivity contribution in [3.8, 4) is 0 Å². The molecule has 268 valence electrons. The molecule has 2 unspecified atom stereocenters. The van der Waals surface area contributed by atoms with Crippen LogP contribution < -0.4 is 31.1 Å². The predicted octanol–water partition coefficient (Wildman–Crippen LogP) is 3.38. The van der Waals surface area contributed by atoms with Gasteiger partial charge in [0.05, 0.1) is 16.7 Å². The molecule has 6 aromatic rings. The van der Waals surface area contributed by atoms with Gasteiger partial charge in [-0.3, -0.25) is 0 Å². The SMILES string of the molecule is CN(C)c1cc(CC2CCN(c3ccc4ncnc(N)c4n3)C2)ncn1.CN(C)c1nccc(C2CCCN(c3ccc4ncnc(N)c4n3)C2)n1. The lowest BCUT2D eigenvalue weighted by molar-refractivity contribution is 0.498. The van der Waals surface area contributed by atoms with Crippen LogP contribution in [0.1, 0.15) is 36.6 Å². The van der Waals surface area contributed by atoms with E-state index in [1.54, 1.807) is 6.33 Å². The molecule has 0 amide bonds. The highest BCUT2D eigenvalue weighted by Gasteiger charge is 2.26. The van der Waals surface area contributed by atoms with E-state index in [2.05, 4.69) is 55.7 Å². The topological polar surface area (TPSA) is 194 Å². The summed E-state index contributed by atoms with van der Waals surface area (Å²) in [6, 6.07) is 12.0. The zero-order valence-corrected chi connectivity index (χ0v) is 30.0. The Morgan fingerprint density at radius 1 is 0.673 bits per heavy atom. The molecule has 4 N–H and O–H groups in total. The second-order valence-corrected chi connectivity index (χ2v) is 13.6. The minimum atomic E-state index is 0.354. The molecule has 16 heteroatoms. The van der Waals surface area contributed by atoms with Crippen LogP contribution in [0.5, 0.6) is 0 Å². The average molecular weight is 701 g/mol. The van der Waals surface area contributed by atoms with Crippen molar-refractivity contribution in [2.24, 2.45) is 5.92 Å². The zero-order valence-electron chi connectivity index (χ0n) is 30.0. The van der Waals surface area contributed by atoms with Crippen molar-refractivity contribution in [1.82, 2.24) is 49.8 Å². The van der Waals surface area contributed by atoms with Gasteiger partial charge in [-0.2, -0.15) is 0 Å². The molecule has 2 aliphatic heterocycles. The van der Waals surface area contributed by atoms with E-state index >= 15 is 0 Å². The molecule has 0 spiro atoms. The van der Waals surface area contributed by atoms with Crippen molar-refractivity contribution in [2.45, 2.75) is 31.6 Å². The minimum absolute atomic E-state index is 0.354. The molecule has 16 nitrogen and oxygen atoms in total. The highest BCUT2D eigenvalue weighted by atomic mass is 15.2. The number of rotatable bonds is 7. The summed E-state index contributed by atoms with van der Waals surface area (Å²) in [4.78, 5) is 52.2. The molecule has 0 radical (unpaired) electrons. The lowest BCUT2D eigenvalue weighted by Crippen LogP contribution is -2.35. The number of piperidine rings is 1. The number of pyridine rings is 2. The number of nitrogen functional groups attached to an aromatic ring is 2. The summed E-state index contributed by atoms with van der Waals surface area (Å²) in [5, 5.41) is 0. The van der Waals surface area contributed by atoms with Gasteiger partial charge >= 0.3 is 0 Å².